The molecule has 2 radical (unpaired) electrons. The lowest BCUT2D eigenvalue weighted by atomic mass is 10.2. The fourth-order valence-electron chi connectivity index (χ4n) is 0.901. The van der Waals surface area contributed by atoms with Gasteiger partial charge >= 0.3 is 0 Å². The Kier molecular flexibility index (Phi) is 2.70. The first kappa shape index (κ1) is 6.43. The minimum Gasteiger partial charge on any atom is -0.140 e. The number of hydrogen-bond acceptors (Lipinski definition) is 1. The van der Waals surface area contributed by atoms with Crippen molar-refractivity contribution >= 4 is 11.8 Å². The maximum atomic E-state index is 9.05. The molecule has 1 atom stereocenters. The molecule has 0 amide bonds. The summed E-state index contributed by atoms with van der Waals surface area (Å²) in [6.07, 6.45) is 4.82. The van der Waals surface area contributed by atoms with Crippen molar-refractivity contribution in [3.63, 3.8) is 0 Å². The first-order chi connectivity index (χ1) is 3.89. The lowest BCUT2D eigenvalue weighted by Gasteiger charge is -1.99. The van der Waals surface area contributed by atoms with Crippen molar-refractivity contribution in [3.8, 4) is 0 Å². The third-order valence-electron chi connectivity index (χ3n) is 1.41. The quantitative estimate of drug-likeness (QED) is 0.488. The topological polar surface area (TPSA) is 22.3 Å². The Morgan fingerprint density at radius 1 is 1.25 bits per heavy atom. The standard InChI is InChI=1S/C6H11NS/c7-6-4-2-1-3-5-8-6/h6H,1-5H2. The summed E-state index contributed by atoms with van der Waals surface area (Å²) < 4.78 is 0. The van der Waals surface area contributed by atoms with Crippen LogP contribution in [0.4, 0.5) is 0 Å². The molecule has 46 valence electrons. The maximum Gasteiger partial charge on any atom is 0.0886 e. The molecule has 2 heteroatoms. The molecule has 1 fully saturated rings. The van der Waals surface area contributed by atoms with Crippen LogP contribution in [0.15, 0.2) is 0 Å². The smallest absolute Gasteiger partial charge is 0.0886 e. The molecule has 0 spiro atoms. The third-order valence-corrected chi connectivity index (χ3v) is 2.55. The van der Waals surface area contributed by atoms with E-state index in [0.29, 0.717) is 0 Å². The van der Waals surface area contributed by atoms with E-state index in [1.54, 1.807) is 11.8 Å². The maximum absolute atomic E-state index is 9.05. The largest absolute Gasteiger partial charge is 0.140 e. The molecule has 1 rings (SSSR count). The Labute approximate surface area is 55.0 Å². The van der Waals surface area contributed by atoms with E-state index >= 15 is 0 Å². The summed E-state index contributed by atoms with van der Waals surface area (Å²) in [6, 6.07) is 0. The first-order valence-electron chi connectivity index (χ1n) is 3.19. The third kappa shape index (κ3) is 2.05. The van der Waals surface area contributed by atoms with Gasteiger partial charge in [0.2, 0.25) is 0 Å². The second kappa shape index (κ2) is 3.36. The number of thioether (sulfide) groups is 1. The van der Waals surface area contributed by atoms with Gasteiger partial charge in [-0.3, -0.25) is 0 Å². The van der Waals surface area contributed by atoms with Gasteiger partial charge in [-0.25, -0.2) is 0 Å². The minimum absolute atomic E-state index is 0.0579. The van der Waals surface area contributed by atoms with Gasteiger partial charge in [-0.2, -0.15) is 0 Å². The molecule has 0 aromatic rings. The van der Waals surface area contributed by atoms with Crippen molar-refractivity contribution in [1.82, 2.24) is 5.73 Å². The van der Waals surface area contributed by atoms with Crippen LogP contribution in [0.2, 0.25) is 0 Å². The SMILES string of the molecule is [N]C1CCCCCS1. The molecular formula is C6H11NS. The highest BCUT2D eigenvalue weighted by Crippen LogP contribution is 2.20. The summed E-state index contributed by atoms with van der Waals surface area (Å²) in [7, 11) is 0. The molecule has 0 aliphatic carbocycles. The molecule has 0 aromatic carbocycles. The Bertz CT molecular complexity index is 57.5. The molecule has 1 aliphatic heterocycles. The number of rotatable bonds is 0. The average Bonchev–Trinajstić information content (AvgIpc) is 1.94. The van der Waals surface area contributed by atoms with Crippen LogP contribution in [0.25, 0.3) is 0 Å². The second-order valence-corrected chi connectivity index (χ2v) is 3.46. The van der Waals surface area contributed by atoms with Gasteiger partial charge in [0.05, 0.1) is 5.37 Å². The highest BCUT2D eigenvalue weighted by Gasteiger charge is 2.07. The molecule has 1 unspecified atom stereocenters. The summed E-state index contributed by atoms with van der Waals surface area (Å²) in [5.41, 5.74) is 9.05. The van der Waals surface area contributed by atoms with Crippen LogP contribution in [-0.4, -0.2) is 11.1 Å². The van der Waals surface area contributed by atoms with E-state index in [1.807, 2.05) is 0 Å². The first-order valence-corrected chi connectivity index (χ1v) is 4.24. The van der Waals surface area contributed by atoms with E-state index < -0.39 is 0 Å². The van der Waals surface area contributed by atoms with Gasteiger partial charge in [0.1, 0.15) is 0 Å². The van der Waals surface area contributed by atoms with Crippen LogP contribution < -0.4 is 5.73 Å². The van der Waals surface area contributed by atoms with E-state index in [-0.39, 0.29) is 5.37 Å². The normalized spacial score (nSPS) is 31.9. The lowest BCUT2D eigenvalue weighted by molar-refractivity contribution is 0.669. The number of nitrogens with zero attached hydrogens (tertiary/aromatic N) is 1. The zero-order chi connectivity index (χ0) is 5.82. The molecule has 0 saturated carbocycles. The molecule has 8 heavy (non-hydrogen) atoms. The Hall–Kier alpha value is 0.310. The van der Waals surface area contributed by atoms with Crippen molar-refractivity contribution in [1.29, 1.82) is 0 Å². The monoisotopic (exact) mass is 129 g/mol. The van der Waals surface area contributed by atoms with Crippen molar-refractivity contribution < 1.29 is 0 Å². The molecule has 0 aromatic heterocycles. The molecule has 1 aliphatic rings. The van der Waals surface area contributed by atoms with Crippen LogP contribution in [0, 0.1) is 0 Å². The molecule has 1 heterocycles. The molecular weight excluding hydrogens is 118 g/mol. The predicted octanol–water partition coefficient (Wildman–Crippen LogP) is 1.69. The Morgan fingerprint density at radius 2 is 2.12 bits per heavy atom. The van der Waals surface area contributed by atoms with E-state index in [4.69, 9.17) is 5.73 Å². The van der Waals surface area contributed by atoms with E-state index in [0.717, 1.165) is 12.2 Å². The van der Waals surface area contributed by atoms with Crippen molar-refractivity contribution in [2.45, 2.75) is 31.1 Å². The Balaban J connectivity index is 2.17. The minimum atomic E-state index is -0.0579. The highest BCUT2D eigenvalue weighted by molar-refractivity contribution is 7.99. The fourth-order valence-corrected chi connectivity index (χ4v) is 1.88. The predicted molar refractivity (Wildman–Crippen MR) is 36.8 cm³/mol. The molecule has 1 nitrogen and oxygen atoms in total. The van der Waals surface area contributed by atoms with E-state index in [1.165, 1.54) is 19.3 Å². The number of hydrogen-bond donors (Lipinski definition) is 0. The van der Waals surface area contributed by atoms with Gasteiger partial charge < -0.3 is 0 Å². The van der Waals surface area contributed by atoms with Crippen LogP contribution in [0.5, 0.6) is 0 Å². The van der Waals surface area contributed by atoms with Crippen molar-refractivity contribution in [3.05, 3.63) is 0 Å². The van der Waals surface area contributed by atoms with Gasteiger partial charge in [-0.05, 0) is 18.6 Å². The highest BCUT2D eigenvalue weighted by atomic mass is 32.2. The van der Waals surface area contributed by atoms with Gasteiger partial charge in [-0.1, -0.05) is 12.8 Å². The lowest BCUT2D eigenvalue weighted by Crippen LogP contribution is -2.00. The van der Waals surface area contributed by atoms with Gasteiger partial charge in [0.15, 0.2) is 0 Å². The summed E-state index contributed by atoms with van der Waals surface area (Å²) in [5.74, 6) is 1.15. The van der Waals surface area contributed by atoms with Crippen molar-refractivity contribution in [2.75, 3.05) is 5.75 Å². The molecule has 0 bridgehead atoms. The second-order valence-electron chi connectivity index (χ2n) is 2.17. The summed E-state index contributed by atoms with van der Waals surface area (Å²) in [4.78, 5) is 0. The van der Waals surface area contributed by atoms with Crippen LogP contribution in [-0.2, 0) is 0 Å². The van der Waals surface area contributed by atoms with Crippen LogP contribution >= 0.6 is 11.8 Å². The van der Waals surface area contributed by atoms with E-state index in [2.05, 4.69) is 0 Å². The summed E-state index contributed by atoms with van der Waals surface area (Å²) in [6.45, 7) is 0. The van der Waals surface area contributed by atoms with Crippen molar-refractivity contribution in [2.24, 2.45) is 0 Å². The molecule has 1 saturated heterocycles. The summed E-state index contributed by atoms with van der Waals surface area (Å²) >= 11 is 1.69. The fraction of sp³-hybridized carbons (Fsp3) is 1.00. The zero-order valence-corrected chi connectivity index (χ0v) is 5.78. The van der Waals surface area contributed by atoms with Gasteiger partial charge in [0.25, 0.3) is 0 Å². The summed E-state index contributed by atoms with van der Waals surface area (Å²) in [5, 5.41) is -0.0579. The van der Waals surface area contributed by atoms with E-state index in [9.17, 15) is 0 Å². The average molecular weight is 129 g/mol. The molecule has 0 N–H and O–H groups in total. The van der Waals surface area contributed by atoms with Crippen LogP contribution in [0.1, 0.15) is 25.7 Å². The van der Waals surface area contributed by atoms with Gasteiger partial charge in [-0.15, -0.1) is 17.5 Å². The Morgan fingerprint density at radius 3 is 3.00 bits per heavy atom. The van der Waals surface area contributed by atoms with Crippen LogP contribution in [0.3, 0.4) is 0 Å². The zero-order valence-electron chi connectivity index (χ0n) is 4.97. The van der Waals surface area contributed by atoms with Gasteiger partial charge in [0, 0.05) is 0 Å².